The Balaban J connectivity index is 1.93. The average molecular weight is 261 g/mol. The van der Waals surface area contributed by atoms with E-state index in [-0.39, 0.29) is 6.23 Å². The standard InChI is InChI=1S/C15H23N3O/c1-17-8-10-18(11-9-17)13-5-3-4-12-6-7-16-15(19-2)14(12)13/h3-5,15-16H,6-11H2,1-2H3. The van der Waals surface area contributed by atoms with Gasteiger partial charge >= 0.3 is 0 Å². The lowest BCUT2D eigenvalue weighted by Gasteiger charge is -2.38. The second-order valence-corrected chi connectivity index (χ2v) is 5.46. The summed E-state index contributed by atoms with van der Waals surface area (Å²) in [5.74, 6) is 0. The number of benzene rings is 1. The molecule has 0 bridgehead atoms. The maximum atomic E-state index is 5.62. The molecule has 1 N–H and O–H groups in total. The normalized spacial score (nSPS) is 24.3. The summed E-state index contributed by atoms with van der Waals surface area (Å²) in [4.78, 5) is 4.88. The van der Waals surface area contributed by atoms with Gasteiger partial charge in [0.25, 0.3) is 0 Å². The molecule has 19 heavy (non-hydrogen) atoms. The quantitative estimate of drug-likeness (QED) is 0.866. The molecule has 1 atom stereocenters. The molecule has 0 amide bonds. The molecule has 4 nitrogen and oxygen atoms in total. The molecule has 0 aliphatic carbocycles. The number of anilines is 1. The number of fused-ring (bicyclic) bond motifs is 1. The Kier molecular flexibility index (Phi) is 3.73. The monoisotopic (exact) mass is 261 g/mol. The van der Waals surface area contributed by atoms with Crippen molar-refractivity contribution in [1.29, 1.82) is 0 Å². The number of rotatable bonds is 2. The minimum absolute atomic E-state index is 0.0413. The topological polar surface area (TPSA) is 27.7 Å². The maximum absolute atomic E-state index is 5.62. The Morgan fingerprint density at radius 2 is 2.00 bits per heavy atom. The number of piperazine rings is 1. The van der Waals surface area contributed by atoms with Crippen molar-refractivity contribution in [3.8, 4) is 0 Å². The maximum Gasteiger partial charge on any atom is 0.136 e. The summed E-state index contributed by atoms with van der Waals surface area (Å²) in [7, 11) is 3.98. The Morgan fingerprint density at radius 3 is 2.74 bits per heavy atom. The van der Waals surface area contributed by atoms with Gasteiger partial charge in [-0.3, -0.25) is 5.32 Å². The summed E-state index contributed by atoms with van der Waals surface area (Å²) in [5, 5.41) is 3.45. The molecule has 3 rings (SSSR count). The molecule has 0 radical (unpaired) electrons. The van der Waals surface area contributed by atoms with Crippen LogP contribution in [0.5, 0.6) is 0 Å². The SMILES string of the molecule is COC1NCCc2cccc(N3CCN(C)CC3)c21. The number of nitrogens with one attached hydrogen (secondary N) is 1. The summed E-state index contributed by atoms with van der Waals surface area (Å²) < 4.78 is 5.62. The molecule has 4 heteroatoms. The molecule has 104 valence electrons. The highest BCUT2D eigenvalue weighted by Gasteiger charge is 2.26. The summed E-state index contributed by atoms with van der Waals surface area (Å²) in [5.41, 5.74) is 4.13. The molecule has 1 aromatic carbocycles. The van der Waals surface area contributed by atoms with Crippen LogP contribution in [-0.2, 0) is 11.2 Å². The Labute approximate surface area is 115 Å². The molecule has 0 aromatic heterocycles. The molecule has 1 aromatic rings. The van der Waals surface area contributed by atoms with Crippen molar-refractivity contribution in [2.75, 3.05) is 51.8 Å². The van der Waals surface area contributed by atoms with Gasteiger partial charge in [0.1, 0.15) is 6.23 Å². The molecular formula is C15H23N3O. The van der Waals surface area contributed by atoms with Crippen LogP contribution in [0.4, 0.5) is 5.69 Å². The van der Waals surface area contributed by atoms with Gasteiger partial charge in [0, 0.05) is 51.1 Å². The third kappa shape index (κ3) is 2.48. The van der Waals surface area contributed by atoms with Gasteiger partial charge in [0.2, 0.25) is 0 Å². The molecule has 1 saturated heterocycles. The summed E-state index contributed by atoms with van der Waals surface area (Å²) >= 11 is 0. The van der Waals surface area contributed by atoms with Crippen molar-refractivity contribution in [3.05, 3.63) is 29.3 Å². The number of ether oxygens (including phenoxy) is 1. The van der Waals surface area contributed by atoms with Gasteiger partial charge in [-0.1, -0.05) is 12.1 Å². The second-order valence-electron chi connectivity index (χ2n) is 5.46. The number of hydrogen-bond donors (Lipinski definition) is 1. The molecule has 0 spiro atoms. The van der Waals surface area contributed by atoms with Crippen LogP contribution in [0.25, 0.3) is 0 Å². The first-order valence-electron chi connectivity index (χ1n) is 7.11. The van der Waals surface area contributed by atoms with E-state index < -0.39 is 0 Å². The van der Waals surface area contributed by atoms with Crippen molar-refractivity contribution in [3.63, 3.8) is 0 Å². The van der Waals surface area contributed by atoms with Crippen LogP contribution in [0.3, 0.4) is 0 Å². The largest absolute Gasteiger partial charge is 0.369 e. The van der Waals surface area contributed by atoms with Crippen molar-refractivity contribution in [1.82, 2.24) is 10.2 Å². The molecule has 2 aliphatic rings. The van der Waals surface area contributed by atoms with Crippen molar-refractivity contribution < 1.29 is 4.74 Å². The molecule has 2 heterocycles. The van der Waals surface area contributed by atoms with Gasteiger partial charge in [0.15, 0.2) is 0 Å². The van der Waals surface area contributed by atoms with E-state index in [4.69, 9.17) is 4.74 Å². The van der Waals surface area contributed by atoms with Gasteiger partial charge in [0.05, 0.1) is 0 Å². The zero-order valence-corrected chi connectivity index (χ0v) is 11.9. The molecule has 2 aliphatic heterocycles. The van der Waals surface area contributed by atoms with Crippen LogP contribution in [0.2, 0.25) is 0 Å². The lowest BCUT2D eigenvalue weighted by molar-refractivity contribution is 0.0688. The van der Waals surface area contributed by atoms with Crippen LogP contribution < -0.4 is 10.2 Å². The first-order valence-corrected chi connectivity index (χ1v) is 7.11. The van der Waals surface area contributed by atoms with E-state index in [2.05, 4.69) is 40.4 Å². The number of methoxy groups -OCH3 is 1. The molecular weight excluding hydrogens is 238 g/mol. The fraction of sp³-hybridized carbons (Fsp3) is 0.600. The minimum atomic E-state index is 0.0413. The summed E-state index contributed by atoms with van der Waals surface area (Å²) in [6, 6.07) is 6.66. The molecule has 1 fully saturated rings. The van der Waals surface area contributed by atoms with Crippen molar-refractivity contribution in [2.24, 2.45) is 0 Å². The second kappa shape index (κ2) is 5.49. The zero-order valence-electron chi connectivity index (χ0n) is 11.9. The van der Waals surface area contributed by atoms with Gasteiger partial charge in [-0.2, -0.15) is 0 Å². The highest BCUT2D eigenvalue weighted by atomic mass is 16.5. The predicted octanol–water partition coefficient (Wildman–Crippen LogP) is 1.23. The molecule has 0 saturated carbocycles. The lowest BCUT2D eigenvalue weighted by Crippen LogP contribution is -2.45. The highest BCUT2D eigenvalue weighted by Crippen LogP contribution is 2.33. The highest BCUT2D eigenvalue weighted by molar-refractivity contribution is 5.59. The van der Waals surface area contributed by atoms with E-state index in [1.165, 1.54) is 16.8 Å². The van der Waals surface area contributed by atoms with Crippen LogP contribution in [0.15, 0.2) is 18.2 Å². The van der Waals surface area contributed by atoms with Crippen LogP contribution >= 0.6 is 0 Å². The van der Waals surface area contributed by atoms with Gasteiger partial charge in [-0.15, -0.1) is 0 Å². The third-order valence-corrected chi connectivity index (χ3v) is 4.24. The van der Waals surface area contributed by atoms with Gasteiger partial charge in [-0.05, 0) is 25.1 Å². The van der Waals surface area contributed by atoms with E-state index >= 15 is 0 Å². The number of likely N-dealkylation sites (N-methyl/N-ethyl adjacent to an activating group) is 1. The Bertz CT molecular complexity index is 441. The number of hydrogen-bond acceptors (Lipinski definition) is 4. The fourth-order valence-electron chi connectivity index (χ4n) is 3.08. The predicted molar refractivity (Wildman–Crippen MR) is 77.6 cm³/mol. The number of nitrogens with zero attached hydrogens (tertiary/aromatic N) is 2. The fourth-order valence-corrected chi connectivity index (χ4v) is 3.08. The van der Waals surface area contributed by atoms with Crippen LogP contribution in [-0.4, -0.2) is 51.8 Å². The van der Waals surface area contributed by atoms with Crippen molar-refractivity contribution in [2.45, 2.75) is 12.6 Å². The first-order chi connectivity index (χ1) is 9.29. The van der Waals surface area contributed by atoms with E-state index in [0.29, 0.717) is 0 Å². The van der Waals surface area contributed by atoms with Gasteiger partial charge < -0.3 is 14.5 Å². The average Bonchev–Trinajstić information content (AvgIpc) is 2.47. The summed E-state index contributed by atoms with van der Waals surface area (Å²) in [6.45, 7) is 5.47. The Morgan fingerprint density at radius 1 is 1.21 bits per heavy atom. The third-order valence-electron chi connectivity index (χ3n) is 4.24. The minimum Gasteiger partial charge on any atom is -0.369 e. The van der Waals surface area contributed by atoms with Gasteiger partial charge in [-0.25, -0.2) is 0 Å². The smallest absolute Gasteiger partial charge is 0.136 e. The summed E-state index contributed by atoms with van der Waals surface area (Å²) in [6.07, 6.45) is 1.14. The Hall–Kier alpha value is -1.10. The van der Waals surface area contributed by atoms with E-state index in [0.717, 1.165) is 39.1 Å². The zero-order chi connectivity index (χ0) is 13.2. The lowest BCUT2D eigenvalue weighted by atomic mass is 9.96. The van der Waals surface area contributed by atoms with Crippen LogP contribution in [0, 0.1) is 0 Å². The first kappa shape index (κ1) is 12.9. The van der Waals surface area contributed by atoms with E-state index in [9.17, 15) is 0 Å². The van der Waals surface area contributed by atoms with Crippen LogP contribution in [0.1, 0.15) is 17.4 Å². The van der Waals surface area contributed by atoms with E-state index in [1.807, 2.05) is 0 Å². The van der Waals surface area contributed by atoms with E-state index in [1.54, 1.807) is 7.11 Å². The molecule has 1 unspecified atom stereocenters. The van der Waals surface area contributed by atoms with Crippen molar-refractivity contribution >= 4 is 5.69 Å².